The fraction of sp³-hybridized carbons (Fsp3) is 0.300. The number of hydrogen-bond acceptors (Lipinski definition) is 2. The summed E-state index contributed by atoms with van der Waals surface area (Å²) >= 11 is 0. The van der Waals surface area contributed by atoms with E-state index in [-0.39, 0.29) is 23.3 Å². The Morgan fingerprint density at radius 2 is 1.75 bits per heavy atom. The molecule has 0 saturated heterocycles. The summed E-state index contributed by atoms with van der Waals surface area (Å²) in [5.74, 6) is -1.14. The van der Waals surface area contributed by atoms with Crippen LogP contribution in [0.2, 0.25) is 0 Å². The van der Waals surface area contributed by atoms with E-state index in [1.54, 1.807) is 18.2 Å². The van der Waals surface area contributed by atoms with Crippen LogP contribution in [0.3, 0.4) is 0 Å². The molecule has 0 aromatic heterocycles. The van der Waals surface area contributed by atoms with E-state index in [4.69, 9.17) is 0 Å². The van der Waals surface area contributed by atoms with Gasteiger partial charge >= 0.3 is 5.97 Å². The number of amides is 1. The van der Waals surface area contributed by atoms with Crippen LogP contribution >= 0.6 is 0 Å². The first-order valence-corrected chi connectivity index (χ1v) is 8.16. The number of carbonyl (C=O) groups excluding carboxylic acids is 1. The third-order valence-corrected chi connectivity index (χ3v) is 4.79. The molecule has 1 amide bonds. The number of aryl methyl sites for hydroxylation is 1. The molecule has 0 radical (unpaired) electrons. The lowest BCUT2D eigenvalue weighted by atomic mass is 9.92. The first kappa shape index (κ1) is 16.2. The van der Waals surface area contributed by atoms with Crippen LogP contribution in [0, 0.1) is 6.92 Å². The number of rotatable bonds is 6. The fourth-order valence-electron chi connectivity index (χ4n) is 3.25. The van der Waals surface area contributed by atoms with Gasteiger partial charge in [-0.2, -0.15) is 0 Å². The van der Waals surface area contributed by atoms with Gasteiger partial charge in [-0.25, -0.2) is 4.79 Å². The van der Waals surface area contributed by atoms with E-state index in [2.05, 4.69) is 24.4 Å². The van der Waals surface area contributed by atoms with Crippen LogP contribution in [0.1, 0.15) is 39.9 Å². The Bertz CT molecular complexity index is 778. The summed E-state index contributed by atoms with van der Waals surface area (Å²) < 4.78 is 0. The summed E-state index contributed by atoms with van der Waals surface area (Å²) in [6, 6.07) is 14.9. The van der Waals surface area contributed by atoms with Crippen LogP contribution in [0.4, 0.5) is 0 Å². The molecule has 2 aromatic rings. The van der Waals surface area contributed by atoms with E-state index < -0.39 is 5.97 Å². The van der Waals surface area contributed by atoms with Crippen molar-refractivity contribution in [2.45, 2.75) is 31.6 Å². The molecule has 4 heteroatoms. The second kappa shape index (κ2) is 6.48. The number of hydrogen-bond donors (Lipinski definition) is 2. The zero-order valence-corrected chi connectivity index (χ0v) is 13.7. The van der Waals surface area contributed by atoms with Crippen molar-refractivity contribution >= 4 is 11.9 Å². The number of carboxylic acids is 1. The van der Waals surface area contributed by atoms with Crippen LogP contribution in [0.25, 0.3) is 0 Å². The minimum Gasteiger partial charge on any atom is -0.478 e. The molecule has 0 bridgehead atoms. The number of benzene rings is 2. The topological polar surface area (TPSA) is 66.4 Å². The third kappa shape index (κ3) is 3.32. The van der Waals surface area contributed by atoms with E-state index in [0.29, 0.717) is 12.1 Å². The standard InChI is InChI=1S/C20H21NO3/c1-14-6-2-5-9-17(14)20(10-11-20)13-21-18(22)12-15-7-3-4-8-16(15)19(23)24/h2-9H,10-13H2,1H3,(H,21,22)(H,23,24). The Balaban J connectivity index is 1.65. The van der Waals surface area contributed by atoms with Gasteiger partial charge in [-0.05, 0) is 42.5 Å². The zero-order valence-electron chi connectivity index (χ0n) is 13.7. The van der Waals surface area contributed by atoms with Crippen LogP contribution in [-0.4, -0.2) is 23.5 Å². The molecule has 0 aliphatic heterocycles. The van der Waals surface area contributed by atoms with Crippen LogP contribution in [0.5, 0.6) is 0 Å². The highest BCUT2D eigenvalue weighted by Gasteiger charge is 2.45. The summed E-state index contributed by atoms with van der Waals surface area (Å²) in [6.45, 7) is 2.70. The molecule has 24 heavy (non-hydrogen) atoms. The Kier molecular flexibility index (Phi) is 4.38. The van der Waals surface area contributed by atoms with Gasteiger partial charge in [0, 0.05) is 12.0 Å². The molecule has 4 nitrogen and oxygen atoms in total. The lowest BCUT2D eigenvalue weighted by molar-refractivity contribution is -0.120. The van der Waals surface area contributed by atoms with E-state index in [0.717, 1.165) is 12.8 Å². The van der Waals surface area contributed by atoms with Gasteiger partial charge in [-0.3, -0.25) is 4.79 Å². The van der Waals surface area contributed by atoms with Crippen molar-refractivity contribution in [3.63, 3.8) is 0 Å². The van der Waals surface area contributed by atoms with Crippen molar-refractivity contribution in [3.05, 3.63) is 70.8 Å². The average Bonchev–Trinajstić information content (AvgIpc) is 3.35. The molecule has 1 aliphatic rings. The highest BCUT2D eigenvalue weighted by molar-refractivity contribution is 5.91. The number of nitrogens with one attached hydrogen (secondary N) is 1. The quantitative estimate of drug-likeness (QED) is 0.858. The van der Waals surface area contributed by atoms with Crippen LogP contribution in [-0.2, 0) is 16.6 Å². The molecule has 1 saturated carbocycles. The first-order valence-electron chi connectivity index (χ1n) is 8.16. The highest BCUT2D eigenvalue weighted by Crippen LogP contribution is 2.48. The molecule has 0 unspecified atom stereocenters. The molecule has 3 rings (SSSR count). The van der Waals surface area contributed by atoms with Crippen molar-refractivity contribution in [1.29, 1.82) is 0 Å². The number of aromatic carboxylic acids is 1. The summed E-state index contributed by atoms with van der Waals surface area (Å²) in [4.78, 5) is 23.5. The summed E-state index contributed by atoms with van der Waals surface area (Å²) in [6.07, 6.45) is 2.24. The fourth-order valence-corrected chi connectivity index (χ4v) is 3.25. The maximum absolute atomic E-state index is 12.3. The minimum absolute atomic E-state index is 0.0489. The first-order chi connectivity index (χ1) is 11.5. The smallest absolute Gasteiger partial charge is 0.335 e. The Morgan fingerprint density at radius 1 is 1.08 bits per heavy atom. The molecule has 124 valence electrons. The maximum Gasteiger partial charge on any atom is 0.335 e. The molecule has 1 fully saturated rings. The number of carboxylic acid groups (broad SMARTS) is 1. The monoisotopic (exact) mass is 323 g/mol. The molecule has 0 heterocycles. The molecule has 1 aliphatic carbocycles. The molecular weight excluding hydrogens is 302 g/mol. The minimum atomic E-state index is -1.00. The summed E-state index contributed by atoms with van der Waals surface area (Å²) in [5.41, 5.74) is 3.33. The van der Waals surface area contributed by atoms with Gasteiger partial charge in [-0.15, -0.1) is 0 Å². The zero-order chi connectivity index (χ0) is 17.2. The highest BCUT2D eigenvalue weighted by atomic mass is 16.4. The second-order valence-corrected chi connectivity index (χ2v) is 6.51. The average molecular weight is 323 g/mol. The normalized spacial score (nSPS) is 14.9. The van der Waals surface area contributed by atoms with Crippen molar-refractivity contribution in [1.82, 2.24) is 5.32 Å². The SMILES string of the molecule is Cc1ccccc1C1(CNC(=O)Cc2ccccc2C(=O)O)CC1. The van der Waals surface area contributed by atoms with Crippen LogP contribution in [0.15, 0.2) is 48.5 Å². The van der Waals surface area contributed by atoms with E-state index in [1.807, 2.05) is 12.1 Å². The maximum atomic E-state index is 12.3. The second-order valence-electron chi connectivity index (χ2n) is 6.51. The van der Waals surface area contributed by atoms with Crippen molar-refractivity contribution < 1.29 is 14.7 Å². The lowest BCUT2D eigenvalue weighted by Crippen LogP contribution is -2.33. The Hall–Kier alpha value is -2.62. The van der Waals surface area contributed by atoms with Crippen molar-refractivity contribution in [2.75, 3.05) is 6.54 Å². The molecule has 0 spiro atoms. The van der Waals surface area contributed by atoms with Gasteiger partial charge in [0.05, 0.1) is 12.0 Å². The Labute approximate surface area is 141 Å². The van der Waals surface area contributed by atoms with Gasteiger partial charge in [0.1, 0.15) is 0 Å². The lowest BCUT2D eigenvalue weighted by Gasteiger charge is -2.19. The third-order valence-electron chi connectivity index (χ3n) is 4.79. The molecule has 2 N–H and O–H groups in total. The molecule has 0 atom stereocenters. The van der Waals surface area contributed by atoms with Gasteiger partial charge < -0.3 is 10.4 Å². The summed E-state index contributed by atoms with van der Waals surface area (Å²) in [7, 11) is 0. The largest absolute Gasteiger partial charge is 0.478 e. The Morgan fingerprint density at radius 3 is 2.42 bits per heavy atom. The van der Waals surface area contributed by atoms with Gasteiger partial charge in [0.15, 0.2) is 0 Å². The van der Waals surface area contributed by atoms with E-state index in [1.165, 1.54) is 17.2 Å². The van der Waals surface area contributed by atoms with Crippen molar-refractivity contribution in [2.24, 2.45) is 0 Å². The van der Waals surface area contributed by atoms with Gasteiger partial charge in [0.25, 0.3) is 0 Å². The predicted octanol–water partition coefficient (Wildman–Crippen LogP) is 3.08. The number of carbonyl (C=O) groups is 2. The van der Waals surface area contributed by atoms with Crippen LogP contribution < -0.4 is 5.32 Å². The molecular formula is C20H21NO3. The van der Waals surface area contributed by atoms with Gasteiger partial charge in [0.2, 0.25) is 5.91 Å². The van der Waals surface area contributed by atoms with E-state index >= 15 is 0 Å². The summed E-state index contributed by atoms with van der Waals surface area (Å²) in [5, 5.41) is 12.2. The van der Waals surface area contributed by atoms with Gasteiger partial charge in [-0.1, -0.05) is 42.5 Å². The van der Waals surface area contributed by atoms with E-state index in [9.17, 15) is 14.7 Å². The molecule has 2 aromatic carbocycles. The van der Waals surface area contributed by atoms with Crippen molar-refractivity contribution in [3.8, 4) is 0 Å². The predicted molar refractivity (Wildman–Crippen MR) is 92.2 cm³/mol.